The first kappa shape index (κ1) is 29.3. The molecule has 1 aliphatic carbocycles. The zero-order valence-corrected chi connectivity index (χ0v) is 28.3. The van der Waals surface area contributed by atoms with Crippen LogP contribution in [0.4, 0.5) is 0 Å². The highest BCUT2D eigenvalue weighted by Gasteiger charge is 2.32. The largest absolute Gasteiger partial charge is 0.493 e. The van der Waals surface area contributed by atoms with Gasteiger partial charge in [0.2, 0.25) is 0 Å². The predicted octanol–water partition coefficient (Wildman–Crippen LogP) is 8.08. The van der Waals surface area contributed by atoms with E-state index < -0.39 is 0 Å². The lowest BCUT2D eigenvalue weighted by molar-refractivity contribution is 0.282. The van der Waals surface area contributed by atoms with E-state index in [2.05, 4.69) is 68.3 Å². The van der Waals surface area contributed by atoms with Crippen LogP contribution in [-0.4, -0.2) is 11.7 Å². The Bertz CT molecular complexity index is 2120. The molecule has 5 nitrogen and oxygen atoms in total. The van der Waals surface area contributed by atoms with E-state index in [0.29, 0.717) is 32.5 Å². The summed E-state index contributed by atoms with van der Waals surface area (Å²) in [6, 6.07) is 27.8. The van der Waals surface area contributed by atoms with Crippen LogP contribution in [0.25, 0.3) is 11.8 Å². The summed E-state index contributed by atoms with van der Waals surface area (Å²) in [5, 5.41) is 0.676. The fourth-order valence-corrected chi connectivity index (χ4v) is 7.78. The van der Waals surface area contributed by atoms with Crippen molar-refractivity contribution in [2.24, 2.45) is 4.99 Å². The number of hydrogen-bond donors (Lipinski definition) is 0. The quantitative estimate of drug-likeness (QED) is 0.177. The summed E-state index contributed by atoms with van der Waals surface area (Å²) in [5.74, 6) is 1.15. The van der Waals surface area contributed by atoms with Gasteiger partial charge in [-0.3, -0.25) is 9.36 Å². The van der Waals surface area contributed by atoms with E-state index in [1.807, 2.05) is 59.2 Å². The van der Waals surface area contributed by atoms with Crippen molar-refractivity contribution in [3.63, 3.8) is 0 Å². The first-order valence-electron chi connectivity index (χ1n) is 14.0. The van der Waals surface area contributed by atoms with Gasteiger partial charge < -0.3 is 9.47 Å². The highest BCUT2D eigenvalue weighted by Crippen LogP contribution is 2.41. The summed E-state index contributed by atoms with van der Waals surface area (Å²) in [6.45, 7) is 0.355. The molecule has 5 aromatic rings. The number of allylic oxidation sites excluding steroid dienone is 1. The number of aromatic nitrogens is 1. The summed E-state index contributed by atoms with van der Waals surface area (Å²) in [5.41, 5.74) is 7.40. The molecule has 0 N–H and O–H groups in total. The SMILES string of the molecule is COc1cc(/C=c2/sc3n(c2=O)[C@@H](c2ccc(Br)cc2)C2=C(N=3)c3ccccc3CC2)cc(Br)c1OCc1ccc(Cl)cc1. The lowest BCUT2D eigenvalue weighted by Crippen LogP contribution is -2.38. The molecule has 0 saturated carbocycles. The van der Waals surface area contributed by atoms with Crippen LogP contribution in [0.1, 0.15) is 40.3 Å². The van der Waals surface area contributed by atoms with E-state index >= 15 is 0 Å². The first-order valence-corrected chi connectivity index (χ1v) is 16.8. The van der Waals surface area contributed by atoms with Crippen molar-refractivity contribution in [3.8, 4) is 11.5 Å². The summed E-state index contributed by atoms with van der Waals surface area (Å²) >= 11 is 14.7. The van der Waals surface area contributed by atoms with Gasteiger partial charge in [-0.1, -0.05) is 87.4 Å². The van der Waals surface area contributed by atoms with Gasteiger partial charge in [0.25, 0.3) is 5.56 Å². The van der Waals surface area contributed by atoms with Gasteiger partial charge in [-0.25, -0.2) is 4.99 Å². The second kappa shape index (κ2) is 12.2. The molecule has 220 valence electrons. The van der Waals surface area contributed by atoms with E-state index in [1.54, 1.807) is 7.11 Å². The fraction of sp³-hybridized carbons (Fsp3) is 0.143. The third kappa shape index (κ3) is 5.49. The van der Waals surface area contributed by atoms with Crippen LogP contribution < -0.4 is 24.4 Å². The van der Waals surface area contributed by atoms with Crippen molar-refractivity contribution < 1.29 is 9.47 Å². The number of nitrogens with zero attached hydrogens (tertiary/aromatic N) is 2. The maximum Gasteiger partial charge on any atom is 0.271 e. The minimum atomic E-state index is -0.227. The Morgan fingerprint density at radius 3 is 2.57 bits per heavy atom. The van der Waals surface area contributed by atoms with Crippen molar-refractivity contribution in [1.29, 1.82) is 0 Å². The van der Waals surface area contributed by atoms with Crippen molar-refractivity contribution >= 4 is 66.6 Å². The number of methoxy groups -OCH3 is 1. The Hall–Kier alpha value is -3.43. The van der Waals surface area contributed by atoms with Crippen LogP contribution in [0.15, 0.2) is 109 Å². The molecule has 0 unspecified atom stereocenters. The number of hydrogen-bond acceptors (Lipinski definition) is 5. The molecular weight excluding hydrogens is 724 g/mol. The minimum absolute atomic E-state index is 0.0646. The van der Waals surface area contributed by atoms with E-state index in [-0.39, 0.29) is 11.6 Å². The molecule has 2 heterocycles. The number of rotatable bonds is 6. The van der Waals surface area contributed by atoms with Gasteiger partial charge in [0.1, 0.15) is 6.61 Å². The van der Waals surface area contributed by atoms with Gasteiger partial charge >= 0.3 is 0 Å². The van der Waals surface area contributed by atoms with E-state index in [9.17, 15) is 4.79 Å². The van der Waals surface area contributed by atoms with Gasteiger partial charge in [0, 0.05) is 15.1 Å². The molecule has 0 amide bonds. The van der Waals surface area contributed by atoms with Crippen LogP contribution in [0.2, 0.25) is 5.02 Å². The average molecular weight is 749 g/mol. The zero-order valence-electron chi connectivity index (χ0n) is 23.5. The van der Waals surface area contributed by atoms with Crippen LogP contribution in [0, 0.1) is 0 Å². The Labute approximate surface area is 280 Å². The van der Waals surface area contributed by atoms with Crippen molar-refractivity contribution in [2.75, 3.05) is 7.11 Å². The fourth-order valence-electron chi connectivity index (χ4n) is 5.82. The Balaban J connectivity index is 1.32. The highest BCUT2D eigenvalue weighted by molar-refractivity contribution is 9.10. The van der Waals surface area contributed by atoms with Crippen molar-refractivity contribution in [3.05, 3.63) is 152 Å². The van der Waals surface area contributed by atoms with Crippen LogP contribution in [0.3, 0.4) is 0 Å². The lowest BCUT2D eigenvalue weighted by Gasteiger charge is -2.30. The van der Waals surface area contributed by atoms with Gasteiger partial charge in [-0.05, 0) is 99.1 Å². The minimum Gasteiger partial charge on any atom is -0.493 e. The number of ether oxygens (including phenoxy) is 2. The molecule has 1 atom stereocenters. The molecule has 0 saturated heterocycles. The molecule has 9 heteroatoms. The number of thiazole rings is 1. The Kier molecular flexibility index (Phi) is 8.10. The Morgan fingerprint density at radius 2 is 1.80 bits per heavy atom. The van der Waals surface area contributed by atoms with Gasteiger partial charge in [0.05, 0.1) is 27.9 Å². The summed E-state index contributed by atoms with van der Waals surface area (Å²) in [6.07, 6.45) is 3.67. The highest BCUT2D eigenvalue weighted by atomic mass is 79.9. The number of aryl methyl sites for hydroxylation is 1. The second-order valence-electron chi connectivity index (χ2n) is 10.6. The molecule has 1 aromatic heterocycles. The topological polar surface area (TPSA) is 52.8 Å². The standard InChI is InChI=1S/C35H25Br2ClN2O3S/c1-42-29-17-21(16-28(37)33(29)43-19-20-6-13-25(38)14-7-20)18-30-34(41)40-32(23-8-11-24(36)12-9-23)27-15-10-22-4-2-3-5-26(22)31(27)39-35(40)44-30/h2-9,11-14,16-18,32H,10,15,19H2,1H3/b30-18+/t32-/m0/s1. The smallest absolute Gasteiger partial charge is 0.271 e. The second-order valence-corrected chi connectivity index (χ2v) is 13.8. The maximum atomic E-state index is 14.2. The summed E-state index contributed by atoms with van der Waals surface area (Å²) in [4.78, 5) is 20.0. The number of fused-ring (bicyclic) bond motifs is 3. The van der Waals surface area contributed by atoms with Gasteiger partial charge in [-0.15, -0.1) is 0 Å². The van der Waals surface area contributed by atoms with Gasteiger partial charge in [0.15, 0.2) is 16.3 Å². The van der Waals surface area contributed by atoms with Crippen molar-refractivity contribution in [1.82, 2.24) is 4.57 Å². The zero-order chi connectivity index (χ0) is 30.4. The third-order valence-electron chi connectivity index (χ3n) is 7.90. The monoisotopic (exact) mass is 746 g/mol. The first-order chi connectivity index (χ1) is 21.4. The molecular formula is C35H25Br2ClN2O3S. The predicted molar refractivity (Wildman–Crippen MR) is 183 cm³/mol. The molecule has 44 heavy (non-hydrogen) atoms. The normalized spacial score (nSPS) is 15.7. The summed E-state index contributed by atoms with van der Waals surface area (Å²) < 4.78 is 16.0. The van der Waals surface area contributed by atoms with E-state index in [1.165, 1.54) is 22.5 Å². The maximum absolute atomic E-state index is 14.2. The third-order valence-corrected chi connectivity index (χ3v) is 10.3. The summed E-state index contributed by atoms with van der Waals surface area (Å²) in [7, 11) is 1.61. The molecule has 0 radical (unpaired) electrons. The molecule has 4 aromatic carbocycles. The van der Waals surface area contributed by atoms with Crippen LogP contribution in [0.5, 0.6) is 11.5 Å². The van der Waals surface area contributed by atoms with Crippen molar-refractivity contribution in [2.45, 2.75) is 25.5 Å². The molecule has 0 fully saturated rings. The molecule has 2 aliphatic rings. The van der Waals surface area contributed by atoms with E-state index in [4.69, 9.17) is 26.1 Å². The van der Waals surface area contributed by atoms with Gasteiger partial charge in [-0.2, -0.15) is 0 Å². The molecule has 7 rings (SSSR count). The van der Waals surface area contributed by atoms with Crippen LogP contribution >= 0.6 is 54.8 Å². The molecule has 0 bridgehead atoms. The van der Waals surface area contributed by atoms with E-state index in [0.717, 1.165) is 49.7 Å². The average Bonchev–Trinajstić information content (AvgIpc) is 3.34. The lowest BCUT2D eigenvalue weighted by atomic mass is 9.83. The van der Waals surface area contributed by atoms with Crippen LogP contribution in [-0.2, 0) is 13.0 Å². The molecule has 1 aliphatic heterocycles. The Morgan fingerprint density at radius 1 is 1.02 bits per heavy atom. The number of benzene rings is 4. The number of halogens is 3. The molecule has 0 spiro atoms.